The third-order valence-corrected chi connectivity index (χ3v) is 10.6. The topological polar surface area (TPSA) is 96.0 Å². The molecule has 0 saturated heterocycles. The molecule has 0 aliphatic rings. The van der Waals surface area contributed by atoms with E-state index in [1.165, 1.54) is 16.7 Å². The number of nitrogens with one attached hydrogen (secondary N) is 1. The highest BCUT2D eigenvalue weighted by Gasteiger charge is 2.34. The van der Waals surface area contributed by atoms with Gasteiger partial charge in [-0.25, -0.2) is 8.42 Å². The monoisotopic (exact) mass is 751 g/mol. The maximum absolute atomic E-state index is 14.6. The van der Waals surface area contributed by atoms with Crippen LogP contribution in [0.4, 0.5) is 5.69 Å². The fourth-order valence-electron chi connectivity index (χ4n) is 5.09. The number of hydrogen-bond donors (Lipinski definition) is 1. The number of rotatable bonds is 16. The van der Waals surface area contributed by atoms with E-state index in [1.807, 2.05) is 81.6 Å². The third-order valence-electron chi connectivity index (χ3n) is 7.56. The van der Waals surface area contributed by atoms with E-state index >= 15 is 0 Å². The van der Waals surface area contributed by atoms with Crippen molar-refractivity contribution in [2.45, 2.75) is 49.6 Å². The number of hydrogen-bond acceptors (Lipinski definition) is 6. The van der Waals surface area contributed by atoms with E-state index in [4.69, 9.17) is 4.74 Å². The highest BCUT2D eigenvalue weighted by atomic mass is 79.9. The van der Waals surface area contributed by atoms with Gasteiger partial charge in [0.05, 0.1) is 17.2 Å². The minimum atomic E-state index is -4.21. The molecule has 0 bridgehead atoms. The van der Waals surface area contributed by atoms with Crippen LogP contribution in [0.3, 0.4) is 0 Å². The Morgan fingerprint density at radius 2 is 1.56 bits per heavy atom. The average molecular weight is 753 g/mol. The molecule has 2 amide bonds. The molecular formula is C37H42BrN3O5S2. The molecule has 48 heavy (non-hydrogen) atoms. The first-order chi connectivity index (χ1) is 23.0. The first-order valence-corrected chi connectivity index (χ1v) is 19.2. The van der Waals surface area contributed by atoms with E-state index in [1.54, 1.807) is 48.5 Å². The van der Waals surface area contributed by atoms with Gasteiger partial charge in [0.15, 0.2) is 0 Å². The van der Waals surface area contributed by atoms with E-state index in [0.717, 1.165) is 24.8 Å². The van der Waals surface area contributed by atoms with Crippen molar-refractivity contribution in [3.8, 4) is 5.75 Å². The van der Waals surface area contributed by atoms with Crippen molar-refractivity contribution in [1.29, 1.82) is 0 Å². The van der Waals surface area contributed by atoms with Gasteiger partial charge >= 0.3 is 0 Å². The zero-order chi connectivity index (χ0) is 34.7. The molecule has 0 aliphatic heterocycles. The number of sulfonamides is 1. The number of anilines is 1. The molecule has 4 rings (SSSR count). The SMILES string of the molecule is CCOc1ccc(N(CC(=O)N(Cc2cccc(Br)c2)[C@H](Cc2ccccc2)C(=O)NCC(C)C)S(=O)(=O)c2ccc(SC)cc2)cc1. The van der Waals surface area contributed by atoms with Crippen molar-refractivity contribution in [3.05, 3.63) is 119 Å². The normalized spacial score (nSPS) is 12.0. The summed E-state index contributed by atoms with van der Waals surface area (Å²) in [6.45, 7) is 6.31. The van der Waals surface area contributed by atoms with E-state index < -0.39 is 28.5 Å². The van der Waals surface area contributed by atoms with Crippen LogP contribution in [-0.4, -0.2) is 57.1 Å². The van der Waals surface area contributed by atoms with Crippen molar-refractivity contribution in [2.75, 3.05) is 30.3 Å². The Kier molecular flexibility index (Phi) is 13.5. The van der Waals surface area contributed by atoms with E-state index in [9.17, 15) is 18.0 Å². The van der Waals surface area contributed by atoms with Gasteiger partial charge < -0.3 is 15.0 Å². The van der Waals surface area contributed by atoms with Gasteiger partial charge in [-0.15, -0.1) is 11.8 Å². The number of ether oxygens (including phenoxy) is 1. The molecule has 0 saturated carbocycles. The van der Waals surface area contributed by atoms with Crippen LogP contribution in [0, 0.1) is 5.92 Å². The van der Waals surface area contributed by atoms with Crippen LogP contribution in [0.1, 0.15) is 31.9 Å². The summed E-state index contributed by atoms with van der Waals surface area (Å²) in [5.41, 5.74) is 1.96. The molecule has 0 aromatic heterocycles. The number of thioether (sulfide) groups is 1. The van der Waals surface area contributed by atoms with Crippen molar-refractivity contribution < 1.29 is 22.7 Å². The van der Waals surface area contributed by atoms with Crippen molar-refractivity contribution in [3.63, 3.8) is 0 Å². The second-order valence-electron chi connectivity index (χ2n) is 11.6. The molecule has 254 valence electrons. The minimum absolute atomic E-state index is 0.0519. The summed E-state index contributed by atoms with van der Waals surface area (Å²) in [6, 6.07) is 29.3. The van der Waals surface area contributed by atoms with E-state index in [-0.39, 0.29) is 29.7 Å². The Hall–Kier alpha value is -3.80. The molecule has 4 aromatic rings. The quantitative estimate of drug-likeness (QED) is 0.122. The van der Waals surface area contributed by atoms with Gasteiger partial charge in [-0.1, -0.05) is 72.2 Å². The fourth-order valence-corrected chi connectivity index (χ4v) is 7.36. The van der Waals surface area contributed by atoms with Crippen LogP contribution in [0.2, 0.25) is 0 Å². The highest BCUT2D eigenvalue weighted by molar-refractivity contribution is 9.10. The van der Waals surface area contributed by atoms with Crippen molar-refractivity contribution in [1.82, 2.24) is 10.2 Å². The lowest BCUT2D eigenvalue weighted by Crippen LogP contribution is -2.53. The van der Waals surface area contributed by atoms with Gasteiger partial charge in [0.25, 0.3) is 10.0 Å². The number of carbonyl (C=O) groups is 2. The third kappa shape index (κ3) is 10.1. The number of benzene rings is 4. The second kappa shape index (κ2) is 17.6. The summed E-state index contributed by atoms with van der Waals surface area (Å²) in [5.74, 6) is -0.0542. The molecule has 0 fully saturated rings. The second-order valence-corrected chi connectivity index (χ2v) is 15.3. The van der Waals surface area contributed by atoms with Crippen LogP contribution >= 0.6 is 27.7 Å². The fraction of sp³-hybridized carbons (Fsp3) is 0.297. The van der Waals surface area contributed by atoms with Crippen LogP contribution < -0.4 is 14.4 Å². The lowest BCUT2D eigenvalue weighted by molar-refractivity contribution is -0.140. The van der Waals surface area contributed by atoms with E-state index in [2.05, 4.69) is 21.2 Å². The Morgan fingerprint density at radius 1 is 0.896 bits per heavy atom. The van der Waals surface area contributed by atoms with Gasteiger partial charge in [0.1, 0.15) is 18.3 Å². The van der Waals surface area contributed by atoms with Gasteiger partial charge in [0.2, 0.25) is 11.8 Å². The average Bonchev–Trinajstić information content (AvgIpc) is 3.08. The Bertz CT molecular complexity index is 1750. The Balaban J connectivity index is 1.80. The van der Waals surface area contributed by atoms with Gasteiger partial charge in [-0.3, -0.25) is 13.9 Å². The van der Waals surface area contributed by atoms with Gasteiger partial charge in [0, 0.05) is 28.9 Å². The molecule has 8 nitrogen and oxygen atoms in total. The lowest BCUT2D eigenvalue weighted by atomic mass is 10.0. The van der Waals surface area contributed by atoms with E-state index in [0.29, 0.717) is 24.6 Å². The molecular weight excluding hydrogens is 710 g/mol. The predicted molar refractivity (Wildman–Crippen MR) is 197 cm³/mol. The largest absolute Gasteiger partial charge is 0.494 e. The summed E-state index contributed by atoms with van der Waals surface area (Å²) in [7, 11) is -4.21. The highest BCUT2D eigenvalue weighted by Crippen LogP contribution is 2.28. The van der Waals surface area contributed by atoms with Crippen LogP contribution in [0.25, 0.3) is 0 Å². The predicted octanol–water partition coefficient (Wildman–Crippen LogP) is 7.18. The molecule has 0 radical (unpaired) electrons. The Morgan fingerprint density at radius 3 is 2.17 bits per heavy atom. The zero-order valence-electron chi connectivity index (χ0n) is 27.6. The lowest BCUT2D eigenvalue weighted by Gasteiger charge is -2.34. The number of nitrogens with zero attached hydrogens (tertiary/aromatic N) is 2. The maximum atomic E-state index is 14.6. The van der Waals surface area contributed by atoms with Gasteiger partial charge in [-0.2, -0.15) is 0 Å². The smallest absolute Gasteiger partial charge is 0.264 e. The van der Waals surface area contributed by atoms with Crippen LogP contribution in [0.5, 0.6) is 5.75 Å². The van der Waals surface area contributed by atoms with Crippen molar-refractivity contribution >= 4 is 55.2 Å². The molecule has 1 N–H and O–H groups in total. The summed E-state index contributed by atoms with van der Waals surface area (Å²) >= 11 is 5.02. The molecule has 0 heterocycles. The van der Waals surface area contributed by atoms with Crippen LogP contribution in [0.15, 0.2) is 117 Å². The summed E-state index contributed by atoms with van der Waals surface area (Å²) in [4.78, 5) is 31.0. The Labute approximate surface area is 297 Å². The van der Waals surface area contributed by atoms with Crippen LogP contribution in [-0.2, 0) is 32.6 Å². The molecule has 0 spiro atoms. The summed E-state index contributed by atoms with van der Waals surface area (Å²) in [5, 5.41) is 3.02. The first kappa shape index (κ1) is 37.0. The number of carbonyl (C=O) groups excluding carboxylic acids is 2. The van der Waals surface area contributed by atoms with Gasteiger partial charge in [-0.05, 0) is 90.9 Å². The standard InChI is InChI=1S/C37H42BrN3O5S2/c1-5-46-32-16-14-31(15-17-32)41(48(44,45)34-20-18-33(47-4)19-21-34)26-36(42)40(25-29-12-9-13-30(38)22-29)35(37(43)39-24-27(2)3)23-28-10-7-6-8-11-28/h6-22,27,35H,5,23-26H2,1-4H3,(H,39,43)/t35-/m1/s1. The molecule has 0 aliphatic carbocycles. The number of amides is 2. The summed E-state index contributed by atoms with van der Waals surface area (Å²) < 4.78 is 36.1. The number of halogens is 1. The molecule has 1 atom stereocenters. The minimum Gasteiger partial charge on any atom is -0.494 e. The zero-order valence-corrected chi connectivity index (χ0v) is 30.9. The van der Waals surface area contributed by atoms with Crippen molar-refractivity contribution in [2.24, 2.45) is 5.92 Å². The first-order valence-electron chi connectivity index (χ1n) is 15.8. The molecule has 0 unspecified atom stereocenters. The maximum Gasteiger partial charge on any atom is 0.264 e. The molecule has 4 aromatic carbocycles. The molecule has 11 heteroatoms. The summed E-state index contributed by atoms with van der Waals surface area (Å²) in [6.07, 6.45) is 2.16.